The molecule has 0 saturated carbocycles. The summed E-state index contributed by atoms with van der Waals surface area (Å²) in [6.07, 6.45) is 0.739. The fraction of sp³-hybridized carbons (Fsp3) is 0.267. The van der Waals surface area contributed by atoms with Gasteiger partial charge in [-0.05, 0) is 49.6 Å². The van der Waals surface area contributed by atoms with Gasteiger partial charge in [0.15, 0.2) is 0 Å². The van der Waals surface area contributed by atoms with Crippen LogP contribution in [0.2, 0.25) is 5.02 Å². The Kier molecular flexibility index (Phi) is 4.00. The van der Waals surface area contributed by atoms with Gasteiger partial charge in [-0.1, -0.05) is 29.8 Å². The number of nitrogens with two attached hydrogens (primary N) is 1. The second-order valence-electron chi connectivity index (χ2n) is 4.59. The van der Waals surface area contributed by atoms with Gasteiger partial charge >= 0.3 is 0 Å². The summed E-state index contributed by atoms with van der Waals surface area (Å²) < 4.78 is 0. The van der Waals surface area contributed by atoms with Crippen LogP contribution in [0.1, 0.15) is 28.6 Å². The maximum atomic E-state index is 6.25. The van der Waals surface area contributed by atoms with Crippen LogP contribution >= 0.6 is 11.6 Å². The lowest BCUT2D eigenvalue weighted by Crippen LogP contribution is -2.14. The molecular weight excluding hydrogens is 244 g/mol. The Hall–Kier alpha value is -1.38. The monoisotopic (exact) mass is 260 g/mol. The summed E-state index contributed by atoms with van der Waals surface area (Å²) >= 11 is 6.15. The summed E-state index contributed by atoms with van der Waals surface area (Å²) in [6.45, 7) is 3.97. The Morgan fingerprint density at radius 1 is 1.17 bits per heavy atom. The molecule has 1 aromatic carbocycles. The zero-order valence-electron chi connectivity index (χ0n) is 10.7. The third-order valence-corrected chi connectivity index (χ3v) is 3.30. The average Bonchev–Trinajstić information content (AvgIpc) is 2.31. The number of pyridine rings is 1. The van der Waals surface area contributed by atoms with E-state index in [1.165, 1.54) is 0 Å². The number of nitrogens with zero attached hydrogens (tertiary/aromatic N) is 1. The van der Waals surface area contributed by atoms with Gasteiger partial charge in [0.25, 0.3) is 0 Å². The van der Waals surface area contributed by atoms with Crippen molar-refractivity contribution in [1.82, 2.24) is 4.98 Å². The lowest BCUT2D eigenvalue weighted by atomic mass is 9.99. The molecule has 0 aliphatic rings. The Labute approximate surface area is 113 Å². The van der Waals surface area contributed by atoms with E-state index in [1.54, 1.807) is 0 Å². The molecule has 2 aromatic rings. The number of aromatic nitrogens is 1. The molecule has 2 nitrogen and oxygen atoms in total. The van der Waals surface area contributed by atoms with Crippen molar-refractivity contribution in [2.24, 2.45) is 5.73 Å². The molecule has 0 bridgehead atoms. The van der Waals surface area contributed by atoms with E-state index in [0.29, 0.717) is 0 Å². The fourth-order valence-corrected chi connectivity index (χ4v) is 2.31. The molecular formula is C15H17ClN2. The minimum Gasteiger partial charge on any atom is -0.324 e. The number of hydrogen-bond donors (Lipinski definition) is 1. The standard InChI is InChI=1S/C15H17ClN2/c1-10-7-13(8-11(2)18-10)15(17)9-12-5-3-4-6-14(12)16/h3-8,15H,9,17H2,1-2H3. The number of aryl methyl sites for hydroxylation is 2. The Balaban J connectivity index is 2.22. The highest BCUT2D eigenvalue weighted by Crippen LogP contribution is 2.22. The first kappa shape index (κ1) is 13.1. The second-order valence-corrected chi connectivity index (χ2v) is 4.99. The van der Waals surface area contributed by atoms with Gasteiger partial charge in [-0.2, -0.15) is 0 Å². The van der Waals surface area contributed by atoms with Crippen LogP contribution in [0.15, 0.2) is 36.4 Å². The molecule has 94 valence electrons. The highest BCUT2D eigenvalue weighted by Gasteiger charge is 2.10. The normalized spacial score (nSPS) is 12.4. The smallest absolute Gasteiger partial charge is 0.0438 e. The first-order valence-corrected chi connectivity index (χ1v) is 6.38. The van der Waals surface area contributed by atoms with Crippen LogP contribution in [0.3, 0.4) is 0 Å². The van der Waals surface area contributed by atoms with Crippen molar-refractivity contribution in [3.05, 3.63) is 63.9 Å². The third kappa shape index (κ3) is 3.09. The third-order valence-electron chi connectivity index (χ3n) is 2.93. The van der Waals surface area contributed by atoms with Crippen LogP contribution in [0.25, 0.3) is 0 Å². The summed E-state index contributed by atoms with van der Waals surface area (Å²) in [7, 11) is 0. The molecule has 0 amide bonds. The maximum absolute atomic E-state index is 6.25. The van der Waals surface area contributed by atoms with E-state index < -0.39 is 0 Å². The molecule has 2 rings (SSSR count). The molecule has 3 heteroatoms. The molecule has 1 aromatic heterocycles. The van der Waals surface area contributed by atoms with E-state index in [-0.39, 0.29) is 6.04 Å². The highest BCUT2D eigenvalue weighted by molar-refractivity contribution is 6.31. The van der Waals surface area contributed by atoms with Gasteiger partial charge in [0.05, 0.1) is 0 Å². The molecule has 1 atom stereocenters. The summed E-state index contributed by atoms with van der Waals surface area (Å²) in [5, 5.41) is 0.774. The molecule has 0 saturated heterocycles. The summed E-state index contributed by atoms with van der Waals surface area (Å²) in [5.41, 5.74) is 10.4. The molecule has 1 unspecified atom stereocenters. The Morgan fingerprint density at radius 3 is 2.39 bits per heavy atom. The Bertz CT molecular complexity index is 532. The topological polar surface area (TPSA) is 38.9 Å². The van der Waals surface area contributed by atoms with Gasteiger partial charge in [0.1, 0.15) is 0 Å². The van der Waals surface area contributed by atoms with Crippen LogP contribution in [-0.4, -0.2) is 4.98 Å². The van der Waals surface area contributed by atoms with Gasteiger partial charge in [-0.15, -0.1) is 0 Å². The molecule has 0 aliphatic heterocycles. The zero-order chi connectivity index (χ0) is 13.1. The average molecular weight is 261 g/mol. The number of benzene rings is 1. The van der Waals surface area contributed by atoms with Gasteiger partial charge in [-0.25, -0.2) is 0 Å². The lowest BCUT2D eigenvalue weighted by molar-refractivity contribution is 0.717. The number of rotatable bonds is 3. The highest BCUT2D eigenvalue weighted by atomic mass is 35.5. The van der Waals surface area contributed by atoms with E-state index in [1.807, 2.05) is 50.2 Å². The summed E-state index contributed by atoms with van der Waals surface area (Å²) in [5.74, 6) is 0. The quantitative estimate of drug-likeness (QED) is 0.916. The van der Waals surface area contributed by atoms with Gasteiger partial charge in [0.2, 0.25) is 0 Å². The van der Waals surface area contributed by atoms with Crippen LogP contribution in [-0.2, 0) is 6.42 Å². The minimum atomic E-state index is -0.0506. The first-order valence-electron chi connectivity index (χ1n) is 6.00. The summed E-state index contributed by atoms with van der Waals surface area (Å²) in [4.78, 5) is 4.36. The van der Waals surface area contributed by atoms with Gasteiger partial charge in [0, 0.05) is 22.5 Å². The molecule has 0 aliphatic carbocycles. The minimum absolute atomic E-state index is 0.0506. The van der Waals surface area contributed by atoms with Crippen LogP contribution in [0.5, 0.6) is 0 Å². The molecule has 0 radical (unpaired) electrons. The number of hydrogen-bond acceptors (Lipinski definition) is 2. The van der Waals surface area contributed by atoms with Crippen molar-refractivity contribution in [2.75, 3.05) is 0 Å². The predicted molar refractivity (Wildman–Crippen MR) is 75.8 cm³/mol. The van der Waals surface area contributed by atoms with Crippen LogP contribution < -0.4 is 5.73 Å². The molecule has 18 heavy (non-hydrogen) atoms. The van der Waals surface area contributed by atoms with E-state index in [2.05, 4.69) is 4.98 Å². The molecule has 0 spiro atoms. The van der Waals surface area contributed by atoms with Crippen LogP contribution in [0.4, 0.5) is 0 Å². The molecule has 2 N–H and O–H groups in total. The fourth-order valence-electron chi connectivity index (χ4n) is 2.10. The van der Waals surface area contributed by atoms with Gasteiger partial charge < -0.3 is 5.73 Å². The van der Waals surface area contributed by atoms with E-state index >= 15 is 0 Å². The maximum Gasteiger partial charge on any atom is 0.0438 e. The second kappa shape index (κ2) is 5.51. The zero-order valence-corrected chi connectivity index (χ0v) is 11.4. The molecule has 0 fully saturated rings. The van der Waals surface area contributed by atoms with Crippen molar-refractivity contribution in [1.29, 1.82) is 0 Å². The van der Waals surface area contributed by atoms with Gasteiger partial charge in [-0.3, -0.25) is 4.98 Å². The van der Waals surface area contributed by atoms with E-state index in [4.69, 9.17) is 17.3 Å². The lowest BCUT2D eigenvalue weighted by Gasteiger charge is -2.14. The van der Waals surface area contributed by atoms with E-state index in [9.17, 15) is 0 Å². The largest absolute Gasteiger partial charge is 0.324 e. The number of halogens is 1. The first-order chi connectivity index (χ1) is 8.56. The van der Waals surface area contributed by atoms with E-state index in [0.717, 1.165) is 34.0 Å². The van der Waals surface area contributed by atoms with Crippen molar-refractivity contribution in [2.45, 2.75) is 26.3 Å². The Morgan fingerprint density at radius 2 is 1.78 bits per heavy atom. The van der Waals surface area contributed by atoms with Crippen molar-refractivity contribution in [3.63, 3.8) is 0 Å². The van der Waals surface area contributed by atoms with Crippen molar-refractivity contribution >= 4 is 11.6 Å². The van der Waals surface area contributed by atoms with Crippen molar-refractivity contribution in [3.8, 4) is 0 Å². The SMILES string of the molecule is Cc1cc(C(N)Cc2ccccc2Cl)cc(C)n1. The predicted octanol–water partition coefficient (Wildman–Crippen LogP) is 3.59. The summed E-state index contributed by atoms with van der Waals surface area (Å²) in [6, 6.07) is 11.8. The van der Waals surface area contributed by atoms with Crippen LogP contribution in [0, 0.1) is 13.8 Å². The molecule has 1 heterocycles. The van der Waals surface area contributed by atoms with Crippen molar-refractivity contribution < 1.29 is 0 Å².